The number of rotatable bonds is 12. The number of likely N-dealkylation sites (N-methyl/N-ethyl adjacent to an activating group) is 1. The highest BCUT2D eigenvalue weighted by Gasteiger charge is 2.51. The van der Waals surface area contributed by atoms with Crippen molar-refractivity contribution in [3.63, 3.8) is 0 Å². The summed E-state index contributed by atoms with van der Waals surface area (Å²) in [6.07, 6.45) is -3.62. The molecule has 14 atom stereocenters. The summed E-state index contributed by atoms with van der Waals surface area (Å²) in [5.41, 5.74) is -2.48. The van der Waals surface area contributed by atoms with Gasteiger partial charge in [0.2, 0.25) is 17.7 Å². The van der Waals surface area contributed by atoms with E-state index in [1.165, 1.54) is 7.11 Å². The Hall–Kier alpha value is -1.95. The molecular formula is C39H72N4O11. The van der Waals surface area contributed by atoms with Gasteiger partial charge in [-0.3, -0.25) is 14.4 Å². The zero-order valence-corrected chi connectivity index (χ0v) is 35.0. The molecule has 15 nitrogen and oxygen atoms in total. The molecule has 0 aromatic heterocycles. The van der Waals surface area contributed by atoms with E-state index < -0.39 is 66.1 Å². The van der Waals surface area contributed by atoms with Gasteiger partial charge in [0.15, 0.2) is 12.6 Å². The molecule has 314 valence electrons. The maximum Gasteiger partial charge on any atom is 0.225 e. The predicted molar refractivity (Wildman–Crippen MR) is 202 cm³/mol. The Morgan fingerprint density at radius 2 is 1.76 bits per heavy atom. The second-order valence-electron chi connectivity index (χ2n) is 16.7. The van der Waals surface area contributed by atoms with Gasteiger partial charge < -0.3 is 59.1 Å². The van der Waals surface area contributed by atoms with Crippen molar-refractivity contribution in [1.29, 1.82) is 0 Å². The third-order valence-corrected chi connectivity index (χ3v) is 11.5. The predicted octanol–water partition coefficient (Wildman–Crippen LogP) is 2.05. The third-order valence-electron chi connectivity index (χ3n) is 11.5. The zero-order chi connectivity index (χ0) is 40.5. The van der Waals surface area contributed by atoms with Crippen LogP contribution in [0.3, 0.4) is 0 Å². The summed E-state index contributed by atoms with van der Waals surface area (Å²) < 4.78 is 38.7. The average molecular weight is 773 g/mol. The molecule has 3 aliphatic heterocycles. The number of hydrogen-bond donors (Lipinski definition) is 4. The van der Waals surface area contributed by atoms with Crippen LogP contribution in [-0.2, 0) is 42.8 Å². The molecule has 3 heterocycles. The summed E-state index contributed by atoms with van der Waals surface area (Å²) in [5, 5.41) is 29.3. The molecule has 0 spiro atoms. The van der Waals surface area contributed by atoms with Crippen molar-refractivity contribution in [3.05, 3.63) is 0 Å². The van der Waals surface area contributed by atoms with Gasteiger partial charge in [-0.05, 0) is 67.0 Å². The quantitative estimate of drug-likeness (QED) is 0.213. The highest BCUT2D eigenvalue weighted by atomic mass is 16.7. The first-order valence-electron chi connectivity index (χ1n) is 19.9. The fourth-order valence-corrected chi connectivity index (χ4v) is 8.34. The van der Waals surface area contributed by atoms with E-state index in [-0.39, 0.29) is 61.6 Å². The van der Waals surface area contributed by atoms with Crippen LogP contribution in [0.15, 0.2) is 0 Å². The van der Waals surface area contributed by atoms with E-state index in [0.717, 1.165) is 0 Å². The Morgan fingerprint density at radius 3 is 2.39 bits per heavy atom. The van der Waals surface area contributed by atoms with Crippen molar-refractivity contribution in [3.8, 4) is 0 Å². The number of carbonyl (C=O) groups excluding carboxylic acids is 3. The number of aliphatic hydroxyl groups excluding tert-OH is 1. The molecule has 15 heteroatoms. The molecule has 0 saturated carbocycles. The van der Waals surface area contributed by atoms with E-state index >= 15 is 0 Å². The number of aliphatic hydroxyl groups is 2. The van der Waals surface area contributed by atoms with Gasteiger partial charge in [0.1, 0.15) is 12.2 Å². The second kappa shape index (κ2) is 20.5. The Kier molecular flexibility index (Phi) is 17.6. The van der Waals surface area contributed by atoms with Crippen LogP contribution in [-0.4, -0.2) is 159 Å². The molecule has 3 amide bonds. The molecule has 0 aromatic carbocycles. The molecule has 3 saturated heterocycles. The van der Waals surface area contributed by atoms with Crippen LogP contribution in [0.5, 0.6) is 0 Å². The van der Waals surface area contributed by atoms with Gasteiger partial charge in [0.05, 0.1) is 41.5 Å². The van der Waals surface area contributed by atoms with Gasteiger partial charge >= 0.3 is 0 Å². The number of carbonyl (C=O) groups is 3. The Morgan fingerprint density at radius 1 is 1.07 bits per heavy atom. The number of nitrogens with one attached hydrogen (secondary N) is 2. The highest BCUT2D eigenvalue weighted by Crippen LogP contribution is 2.39. The van der Waals surface area contributed by atoms with Crippen molar-refractivity contribution in [1.82, 2.24) is 20.4 Å². The fourth-order valence-electron chi connectivity index (χ4n) is 8.34. The molecule has 3 fully saturated rings. The van der Waals surface area contributed by atoms with E-state index in [9.17, 15) is 24.6 Å². The summed E-state index contributed by atoms with van der Waals surface area (Å²) in [4.78, 5) is 42.4. The largest absolute Gasteiger partial charge is 0.387 e. The van der Waals surface area contributed by atoms with Gasteiger partial charge in [-0.2, -0.15) is 0 Å². The lowest BCUT2D eigenvalue weighted by Gasteiger charge is -2.49. The molecule has 3 rings (SSSR count). The lowest BCUT2D eigenvalue weighted by molar-refractivity contribution is -0.320. The van der Waals surface area contributed by atoms with Crippen molar-refractivity contribution in [2.24, 2.45) is 17.8 Å². The smallest absolute Gasteiger partial charge is 0.225 e. The zero-order valence-electron chi connectivity index (χ0n) is 35.0. The summed E-state index contributed by atoms with van der Waals surface area (Å²) in [6, 6.07) is -0.0895. The highest BCUT2D eigenvalue weighted by molar-refractivity contribution is 5.80. The molecule has 0 aliphatic carbocycles. The van der Waals surface area contributed by atoms with E-state index in [1.807, 2.05) is 41.8 Å². The van der Waals surface area contributed by atoms with Crippen LogP contribution in [0.25, 0.3) is 0 Å². The maximum atomic E-state index is 13.8. The first-order valence-corrected chi connectivity index (χ1v) is 19.9. The second-order valence-corrected chi connectivity index (χ2v) is 16.7. The Balaban J connectivity index is 2.06. The minimum Gasteiger partial charge on any atom is -0.387 e. The summed E-state index contributed by atoms with van der Waals surface area (Å²) >= 11 is 0. The van der Waals surface area contributed by atoms with Crippen molar-refractivity contribution in [2.45, 2.75) is 160 Å². The number of nitrogens with zero attached hydrogens (tertiary/aromatic N) is 2. The van der Waals surface area contributed by atoms with Crippen LogP contribution in [0.1, 0.15) is 93.9 Å². The van der Waals surface area contributed by atoms with Crippen LogP contribution in [0.4, 0.5) is 0 Å². The fraction of sp³-hybridized carbons (Fsp3) is 0.923. The molecule has 0 bridgehead atoms. The summed E-state index contributed by atoms with van der Waals surface area (Å²) in [6.45, 7) is 16.1. The maximum absolute atomic E-state index is 13.8. The third kappa shape index (κ3) is 12.3. The first kappa shape index (κ1) is 46.4. The van der Waals surface area contributed by atoms with Gasteiger partial charge in [-0.15, -0.1) is 0 Å². The number of methoxy groups -OCH3 is 1. The molecule has 4 N–H and O–H groups in total. The van der Waals surface area contributed by atoms with Crippen LogP contribution >= 0.6 is 0 Å². The lowest BCUT2D eigenvalue weighted by Crippen LogP contribution is -2.61. The number of amides is 3. The van der Waals surface area contributed by atoms with Gasteiger partial charge in [0.25, 0.3) is 0 Å². The normalized spacial score (nSPS) is 40.6. The monoisotopic (exact) mass is 773 g/mol. The topological polar surface area (TPSA) is 178 Å². The Labute approximate surface area is 323 Å². The van der Waals surface area contributed by atoms with Gasteiger partial charge in [-0.1, -0.05) is 27.7 Å². The van der Waals surface area contributed by atoms with Crippen molar-refractivity contribution >= 4 is 17.7 Å². The van der Waals surface area contributed by atoms with E-state index in [4.69, 9.17) is 28.4 Å². The standard InChI is InChI=1S/C39H72N4O11/c1-13-29(44)40-16-14-18-50-33-28(42(9)10)19-24(3)51-37(33)54-35-25(4)32(53-31-21-39(8,49-12)34(46)27(6)52-31)26(5)36(47)41-17-15-30(45)43(11)22-23(2)20-38(35,7)48/h23-28,31-35,37,46,48H,13-22H2,1-12H3,(H,40,44)(H,41,47)/t23-,24-,25+,26-,27+,28+,31+,32+,33-,34+,35-,37+,38-,39-/m1/s1. The van der Waals surface area contributed by atoms with Crippen LogP contribution < -0.4 is 10.6 Å². The van der Waals surface area contributed by atoms with Gasteiger partial charge in [-0.25, -0.2) is 0 Å². The lowest BCUT2D eigenvalue weighted by atomic mass is 9.77. The number of hydrogen-bond acceptors (Lipinski definition) is 12. The van der Waals surface area contributed by atoms with E-state index in [1.54, 1.807) is 39.6 Å². The van der Waals surface area contributed by atoms with Gasteiger partial charge in [0, 0.05) is 71.6 Å². The number of ether oxygens (including phenoxy) is 6. The Bertz CT molecular complexity index is 1210. The molecule has 0 aromatic rings. The average Bonchev–Trinajstić information content (AvgIpc) is 3.10. The SMILES string of the molecule is CCC(=O)NCCCO[C@H]1[C@H](O[C@@H]2[C@@H](C)[C@H](O[C@H]3C[C@@](C)(OC)[C@@H](O)[C@H](C)O3)[C@@H](C)C(=O)NCCC(=O)N(C)C[C@H](C)C[C@@]2(C)O)O[C@H](C)C[C@@H]1N(C)C. The van der Waals surface area contributed by atoms with E-state index in [2.05, 4.69) is 15.5 Å². The molecule has 3 aliphatic rings. The molecule has 0 unspecified atom stereocenters. The molecule has 54 heavy (non-hydrogen) atoms. The van der Waals surface area contributed by atoms with E-state index in [0.29, 0.717) is 39.0 Å². The van der Waals surface area contributed by atoms with Crippen LogP contribution in [0, 0.1) is 17.8 Å². The molecular weight excluding hydrogens is 700 g/mol. The first-order chi connectivity index (χ1) is 25.2. The van der Waals surface area contributed by atoms with Crippen molar-refractivity contribution in [2.75, 3.05) is 54.5 Å². The minimum absolute atomic E-state index is 0.0252. The minimum atomic E-state index is -1.50. The van der Waals surface area contributed by atoms with Crippen LogP contribution in [0.2, 0.25) is 0 Å². The van der Waals surface area contributed by atoms with Crippen molar-refractivity contribution < 1.29 is 53.0 Å². The summed E-state index contributed by atoms with van der Waals surface area (Å²) in [5.74, 6) is -1.99. The summed E-state index contributed by atoms with van der Waals surface area (Å²) in [7, 11) is 7.23. The molecule has 0 radical (unpaired) electrons.